The molecule has 0 aliphatic carbocycles. The van der Waals surface area contributed by atoms with E-state index < -0.39 is 5.92 Å². The van der Waals surface area contributed by atoms with E-state index in [1.165, 1.54) is 0 Å². The second kappa shape index (κ2) is 3.64. The number of aromatic nitrogens is 1. The SMILES string of the molecule is Nc1ccc(N2CCC(F)(F)CC2)cn1. The summed E-state index contributed by atoms with van der Waals surface area (Å²) in [5.74, 6) is -2.06. The first kappa shape index (κ1) is 10.1. The van der Waals surface area contributed by atoms with E-state index in [1.54, 1.807) is 12.3 Å². The fourth-order valence-corrected chi connectivity index (χ4v) is 1.68. The number of piperidine rings is 1. The van der Waals surface area contributed by atoms with E-state index in [9.17, 15) is 8.78 Å². The van der Waals surface area contributed by atoms with Gasteiger partial charge < -0.3 is 10.6 Å². The van der Waals surface area contributed by atoms with Crippen molar-refractivity contribution in [3.63, 3.8) is 0 Å². The van der Waals surface area contributed by atoms with Gasteiger partial charge in [-0.15, -0.1) is 0 Å². The predicted molar refractivity (Wildman–Crippen MR) is 55.0 cm³/mol. The Morgan fingerprint density at radius 1 is 1.27 bits per heavy atom. The van der Waals surface area contributed by atoms with Gasteiger partial charge >= 0.3 is 0 Å². The monoisotopic (exact) mass is 213 g/mol. The molecule has 0 bridgehead atoms. The molecule has 0 atom stereocenters. The van der Waals surface area contributed by atoms with E-state index in [4.69, 9.17) is 5.73 Å². The maximum atomic E-state index is 12.9. The van der Waals surface area contributed by atoms with Gasteiger partial charge in [-0.1, -0.05) is 0 Å². The first-order chi connectivity index (χ1) is 7.07. The van der Waals surface area contributed by atoms with Crippen LogP contribution in [0.25, 0.3) is 0 Å². The van der Waals surface area contributed by atoms with Crippen LogP contribution in [0.5, 0.6) is 0 Å². The summed E-state index contributed by atoms with van der Waals surface area (Å²) >= 11 is 0. The number of pyridine rings is 1. The van der Waals surface area contributed by atoms with E-state index in [-0.39, 0.29) is 12.8 Å². The lowest BCUT2D eigenvalue weighted by atomic mass is 10.1. The Balaban J connectivity index is 2.04. The predicted octanol–water partition coefficient (Wildman–Crippen LogP) is 1.90. The Bertz CT molecular complexity index is 327. The zero-order chi connectivity index (χ0) is 10.9. The summed E-state index contributed by atoms with van der Waals surface area (Å²) in [5.41, 5.74) is 6.31. The summed E-state index contributed by atoms with van der Waals surface area (Å²) in [7, 11) is 0. The van der Waals surface area contributed by atoms with Crippen LogP contribution in [-0.4, -0.2) is 24.0 Å². The largest absolute Gasteiger partial charge is 0.384 e. The minimum atomic E-state index is -2.50. The van der Waals surface area contributed by atoms with E-state index in [0.717, 1.165) is 5.69 Å². The molecular formula is C10H13F2N3. The van der Waals surface area contributed by atoms with Crippen LogP contribution in [-0.2, 0) is 0 Å². The van der Waals surface area contributed by atoms with Crippen molar-refractivity contribution in [1.29, 1.82) is 0 Å². The van der Waals surface area contributed by atoms with Crippen LogP contribution in [0.1, 0.15) is 12.8 Å². The van der Waals surface area contributed by atoms with Crippen LogP contribution >= 0.6 is 0 Å². The molecule has 1 fully saturated rings. The van der Waals surface area contributed by atoms with Gasteiger partial charge in [0.15, 0.2) is 0 Å². The Morgan fingerprint density at radius 3 is 2.47 bits per heavy atom. The van der Waals surface area contributed by atoms with E-state index >= 15 is 0 Å². The van der Waals surface area contributed by atoms with Crippen molar-refractivity contribution in [2.24, 2.45) is 0 Å². The highest BCUT2D eigenvalue weighted by Crippen LogP contribution is 2.30. The molecule has 0 radical (unpaired) electrons. The third-order valence-electron chi connectivity index (χ3n) is 2.63. The van der Waals surface area contributed by atoms with Gasteiger partial charge in [0, 0.05) is 25.9 Å². The lowest BCUT2D eigenvalue weighted by molar-refractivity contribution is -0.0220. The Hall–Kier alpha value is -1.39. The molecule has 2 rings (SSSR count). The molecule has 3 nitrogen and oxygen atoms in total. The highest BCUT2D eigenvalue weighted by molar-refractivity contribution is 5.48. The smallest absolute Gasteiger partial charge is 0.251 e. The topological polar surface area (TPSA) is 42.1 Å². The molecule has 0 unspecified atom stereocenters. The van der Waals surface area contributed by atoms with Crippen molar-refractivity contribution >= 4 is 11.5 Å². The maximum Gasteiger partial charge on any atom is 0.251 e. The molecule has 1 aromatic rings. The third kappa shape index (κ3) is 2.34. The van der Waals surface area contributed by atoms with Gasteiger partial charge in [-0.05, 0) is 12.1 Å². The summed E-state index contributed by atoms with van der Waals surface area (Å²) in [5, 5.41) is 0. The van der Waals surface area contributed by atoms with Crippen LogP contribution in [0.4, 0.5) is 20.3 Å². The van der Waals surface area contributed by atoms with Crippen molar-refractivity contribution in [2.45, 2.75) is 18.8 Å². The van der Waals surface area contributed by atoms with Crippen molar-refractivity contribution in [3.8, 4) is 0 Å². The first-order valence-electron chi connectivity index (χ1n) is 4.91. The van der Waals surface area contributed by atoms with Gasteiger partial charge in [-0.25, -0.2) is 13.8 Å². The van der Waals surface area contributed by atoms with Crippen molar-refractivity contribution < 1.29 is 8.78 Å². The number of hydrogen-bond acceptors (Lipinski definition) is 3. The minimum Gasteiger partial charge on any atom is -0.384 e. The molecule has 0 amide bonds. The molecule has 0 aromatic carbocycles. The zero-order valence-electron chi connectivity index (χ0n) is 8.29. The summed E-state index contributed by atoms with van der Waals surface area (Å²) < 4.78 is 25.8. The Morgan fingerprint density at radius 2 is 1.93 bits per heavy atom. The van der Waals surface area contributed by atoms with Gasteiger partial charge in [0.25, 0.3) is 5.92 Å². The number of anilines is 2. The summed E-state index contributed by atoms with van der Waals surface area (Å²) in [6, 6.07) is 3.49. The standard InChI is InChI=1S/C10H13F2N3/c11-10(12)3-5-15(6-4-10)8-1-2-9(13)14-7-8/h1-2,7H,3-6H2,(H2,13,14). The number of alkyl halides is 2. The number of rotatable bonds is 1. The van der Waals surface area contributed by atoms with Gasteiger partial charge in [0.2, 0.25) is 0 Å². The molecule has 5 heteroatoms. The first-order valence-corrected chi connectivity index (χ1v) is 4.91. The fourth-order valence-electron chi connectivity index (χ4n) is 1.68. The average molecular weight is 213 g/mol. The van der Waals surface area contributed by atoms with Crippen LogP contribution in [0.15, 0.2) is 18.3 Å². The molecule has 1 aromatic heterocycles. The number of hydrogen-bond donors (Lipinski definition) is 1. The number of nitrogen functional groups attached to an aromatic ring is 1. The zero-order valence-corrected chi connectivity index (χ0v) is 8.29. The summed E-state index contributed by atoms with van der Waals surface area (Å²) in [6.45, 7) is 0.747. The van der Waals surface area contributed by atoms with Crippen LogP contribution in [0, 0.1) is 0 Å². The van der Waals surface area contributed by atoms with E-state index in [0.29, 0.717) is 18.9 Å². The molecule has 15 heavy (non-hydrogen) atoms. The molecule has 1 aliphatic rings. The Labute approximate surface area is 86.9 Å². The van der Waals surface area contributed by atoms with E-state index in [1.807, 2.05) is 11.0 Å². The Kier molecular flexibility index (Phi) is 2.46. The van der Waals surface area contributed by atoms with Crippen molar-refractivity contribution in [3.05, 3.63) is 18.3 Å². The van der Waals surface area contributed by atoms with Crippen molar-refractivity contribution in [2.75, 3.05) is 23.7 Å². The molecule has 0 saturated carbocycles. The summed E-state index contributed by atoms with van der Waals surface area (Å²) in [6.07, 6.45) is 1.45. The molecular weight excluding hydrogens is 200 g/mol. The highest BCUT2D eigenvalue weighted by atomic mass is 19.3. The van der Waals surface area contributed by atoms with E-state index in [2.05, 4.69) is 4.98 Å². The second-order valence-corrected chi connectivity index (χ2v) is 3.78. The van der Waals surface area contributed by atoms with Crippen LogP contribution < -0.4 is 10.6 Å². The van der Waals surface area contributed by atoms with Gasteiger partial charge in [-0.2, -0.15) is 0 Å². The molecule has 1 saturated heterocycles. The van der Waals surface area contributed by atoms with Crippen LogP contribution in [0.2, 0.25) is 0 Å². The molecule has 2 N–H and O–H groups in total. The lowest BCUT2D eigenvalue weighted by Crippen LogP contribution is -2.39. The van der Waals surface area contributed by atoms with Gasteiger partial charge in [-0.3, -0.25) is 0 Å². The number of halogens is 2. The van der Waals surface area contributed by atoms with Gasteiger partial charge in [0.05, 0.1) is 11.9 Å². The fraction of sp³-hybridized carbons (Fsp3) is 0.500. The van der Waals surface area contributed by atoms with Crippen molar-refractivity contribution in [1.82, 2.24) is 4.98 Å². The highest BCUT2D eigenvalue weighted by Gasteiger charge is 2.33. The molecule has 82 valence electrons. The van der Waals surface area contributed by atoms with Crippen LogP contribution in [0.3, 0.4) is 0 Å². The number of nitrogens with two attached hydrogens (primary N) is 1. The molecule has 0 spiro atoms. The molecule has 1 aliphatic heterocycles. The number of nitrogens with zero attached hydrogens (tertiary/aromatic N) is 2. The summed E-state index contributed by atoms with van der Waals surface area (Å²) in [4.78, 5) is 5.85. The second-order valence-electron chi connectivity index (χ2n) is 3.78. The van der Waals surface area contributed by atoms with Gasteiger partial charge in [0.1, 0.15) is 5.82 Å². The minimum absolute atomic E-state index is 0.0859. The average Bonchev–Trinajstić information content (AvgIpc) is 2.20. The lowest BCUT2D eigenvalue weighted by Gasteiger charge is -2.33. The quantitative estimate of drug-likeness (QED) is 0.774. The third-order valence-corrected chi connectivity index (χ3v) is 2.63. The molecule has 2 heterocycles. The normalized spacial score (nSPS) is 20.3. The maximum absolute atomic E-state index is 12.9.